The first-order chi connectivity index (χ1) is 8.54. The van der Waals surface area contributed by atoms with Crippen LogP contribution in [-0.2, 0) is 4.79 Å². The predicted molar refractivity (Wildman–Crippen MR) is 69.2 cm³/mol. The number of hydrogen-bond donors (Lipinski definition) is 2. The van der Waals surface area contributed by atoms with Gasteiger partial charge in [-0.1, -0.05) is 23.2 Å². The van der Waals surface area contributed by atoms with E-state index in [1.165, 1.54) is 0 Å². The van der Waals surface area contributed by atoms with Crippen LogP contribution in [0.3, 0.4) is 0 Å². The van der Waals surface area contributed by atoms with Crippen molar-refractivity contribution in [1.82, 2.24) is 5.32 Å². The van der Waals surface area contributed by atoms with Gasteiger partial charge in [0.2, 0.25) is 0 Å². The van der Waals surface area contributed by atoms with Crippen molar-refractivity contribution in [2.24, 2.45) is 0 Å². The lowest BCUT2D eigenvalue weighted by Crippen LogP contribution is -2.42. The first-order valence-electron chi connectivity index (χ1n) is 5.54. The van der Waals surface area contributed by atoms with Gasteiger partial charge in [-0.15, -0.1) is 0 Å². The number of nitrogens with one attached hydrogen (secondary N) is 1. The van der Waals surface area contributed by atoms with Gasteiger partial charge < -0.3 is 15.2 Å². The number of amides is 1. The Morgan fingerprint density at radius 1 is 1.39 bits per heavy atom. The van der Waals surface area contributed by atoms with Crippen LogP contribution in [0.2, 0.25) is 10.0 Å². The van der Waals surface area contributed by atoms with Crippen molar-refractivity contribution in [3.63, 3.8) is 0 Å². The number of hydrogen-bond acceptors (Lipinski definition) is 3. The lowest BCUT2D eigenvalue weighted by Gasteiger charge is -2.14. The molecule has 1 saturated carbocycles. The lowest BCUT2D eigenvalue weighted by atomic mass is 10.3. The van der Waals surface area contributed by atoms with Crippen LogP contribution in [0.5, 0.6) is 5.75 Å². The van der Waals surface area contributed by atoms with Crippen molar-refractivity contribution >= 4 is 29.1 Å². The van der Waals surface area contributed by atoms with Gasteiger partial charge in [-0.05, 0) is 25.0 Å². The van der Waals surface area contributed by atoms with Gasteiger partial charge >= 0.3 is 0 Å². The number of carbonyl (C=O) groups excluding carboxylic acids is 1. The molecule has 0 aromatic heterocycles. The summed E-state index contributed by atoms with van der Waals surface area (Å²) in [6.45, 7) is -0.148. The summed E-state index contributed by atoms with van der Waals surface area (Å²) in [7, 11) is 0. The summed E-state index contributed by atoms with van der Waals surface area (Å²) in [6, 6.07) is 4.80. The third-order valence-electron chi connectivity index (χ3n) is 2.82. The van der Waals surface area contributed by atoms with Crippen LogP contribution in [0.15, 0.2) is 18.2 Å². The van der Waals surface area contributed by atoms with Gasteiger partial charge in [0.15, 0.2) is 6.61 Å². The molecule has 6 heteroatoms. The van der Waals surface area contributed by atoms with Crippen molar-refractivity contribution in [2.45, 2.75) is 18.4 Å². The number of halogens is 2. The molecule has 1 aliphatic rings. The quantitative estimate of drug-likeness (QED) is 0.872. The maximum atomic E-state index is 11.6. The van der Waals surface area contributed by atoms with E-state index in [2.05, 4.69) is 5.32 Å². The summed E-state index contributed by atoms with van der Waals surface area (Å²) < 4.78 is 5.29. The number of benzene rings is 1. The molecule has 1 aromatic rings. The largest absolute Gasteiger partial charge is 0.484 e. The lowest BCUT2D eigenvalue weighted by molar-refractivity contribution is -0.124. The van der Waals surface area contributed by atoms with Crippen LogP contribution in [0.4, 0.5) is 0 Å². The monoisotopic (exact) mass is 289 g/mol. The normalized spacial score (nSPS) is 16.2. The molecule has 0 aliphatic heterocycles. The summed E-state index contributed by atoms with van der Waals surface area (Å²) in [5, 5.41) is 12.6. The van der Waals surface area contributed by atoms with Crippen molar-refractivity contribution in [1.29, 1.82) is 0 Å². The van der Waals surface area contributed by atoms with Gasteiger partial charge in [-0.2, -0.15) is 0 Å². The minimum absolute atomic E-state index is 0.0362. The van der Waals surface area contributed by atoms with Gasteiger partial charge in [-0.3, -0.25) is 4.79 Å². The Morgan fingerprint density at radius 2 is 2.11 bits per heavy atom. The molecule has 0 spiro atoms. The Kier molecular flexibility index (Phi) is 4.00. The number of ether oxygens (including phenoxy) is 1. The van der Waals surface area contributed by atoms with E-state index in [0.29, 0.717) is 15.8 Å². The summed E-state index contributed by atoms with van der Waals surface area (Å²) in [4.78, 5) is 11.6. The van der Waals surface area contributed by atoms with Crippen molar-refractivity contribution in [3.05, 3.63) is 28.2 Å². The van der Waals surface area contributed by atoms with Gasteiger partial charge in [0.1, 0.15) is 5.75 Å². The van der Waals surface area contributed by atoms with E-state index < -0.39 is 5.54 Å². The smallest absolute Gasteiger partial charge is 0.258 e. The van der Waals surface area contributed by atoms with Gasteiger partial charge in [0.25, 0.3) is 5.91 Å². The molecule has 2 rings (SSSR count). The third kappa shape index (κ3) is 3.28. The molecule has 0 heterocycles. The summed E-state index contributed by atoms with van der Waals surface area (Å²) in [6.07, 6.45) is 1.62. The number of aliphatic hydroxyl groups is 1. The first kappa shape index (κ1) is 13.5. The maximum Gasteiger partial charge on any atom is 0.258 e. The Labute approximate surface area is 115 Å². The molecule has 1 amide bonds. The Hall–Kier alpha value is -0.970. The van der Waals surface area contributed by atoms with E-state index >= 15 is 0 Å². The Balaban J connectivity index is 1.84. The molecule has 0 saturated heterocycles. The van der Waals surface area contributed by atoms with E-state index in [1.54, 1.807) is 18.2 Å². The second kappa shape index (κ2) is 5.34. The zero-order chi connectivity index (χ0) is 13.2. The second-order valence-corrected chi connectivity index (χ2v) is 5.17. The Bertz CT molecular complexity index is 461. The van der Waals surface area contributed by atoms with Crippen LogP contribution in [0, 0.1) is 0 Å². The van der Waals surface area contributed by atoms with E-state index in [9.17, 15) is 4.79 Å². The van der Waals surface area contributed by atoms with Crippen LogP contribution < -0.4 is 10.1 Å². The highest BCUT2D eigenvalue weighted by atomic mass is 35.5. The van der Waals surface area contributed by atoms with E-state index in [-0.39, 0.29) is 19.1 Å². The summed E-state index contributed by atoms with van der Waals surface area (Å²) >= 11 is 11.6. The SMILES string of the molecule is O=C(COc1ccc(Cl)c(Cl)c1)NC1(CO)CC1. The molecule has 0 unspecified atom stereocenters. The highest BCUT2D eigenvalue weighted by Gasteiger charge is 2.43. The molecule has 1 fully saturated rings. The molecule has 2 N–H and O–H groups in total. The van der Waals surface area contributed by atoms with Crippen molar-refractivity contribution in [3.8, 4) is 5.75 Å². The van der Waals surface area contributed by atoms with Gasteiger partial charge in [-0.25, -0.2) is 0 Å². The molecule has 18 heavy (non-hydrogen) atoms. The molecule has 0 atom stereocenters. The molecule has 4 nitrogen and oxygen atoms in total. The van der Waals surface area contributed by atoms with Crippen LogP contribution in [-0.4, -0.2) is 29.8 Å². The number of rotatable bonds is 5. The van der Waals surface area contributed by atoms with E-state index in [4.69, 9.17) is 33.0 Å². The van der Waals surface area contributed by atoms with Crippen LogP contribution in [0.1, 0.15) is 12.8 Å². The summed E-state index contributed by atoms with van der Waals surface area (Å²) in [5.41, 5.74) is -0.419. The van der Waals surface area contributed by atoms with Gasteiger partial charge in [0, 0.05) is 6.07 Å². The van der Waals surface area contributed by atoms with Gasteiger partial charge in [0.05, 0.1) is 22.2 Å². The first-order valence-corrected chi connectivity index (χ1v) is 6.30. The molecule has 0 radical (unpaired) electrons. The highest BCUT2D eigenvalue weighted by Crippen LogP contribution is 2.34. The minimum atomic E-state index is -0.419. The fourth-order valence-corrected chi connectivity index (χ4v) is 1.81. The zero-order valence-corrected chi connectivity index (χ0v) is 11.1. The maximum absolute atomic E-state index is 11.6. The fraction of sp³-hybridized carbons (Fsp3) is 0.417. The minimum Gasteiger partial charge on any atom is -0.484 e. The second-order valence-electron chi connectivity index (χ2n) is 4.35. The Morgan fingerprint density at radius 3 is 2.67 bits per heavy atom. The molecular weight excluding hydrogens is 277 g/mol. The molecular formula is C12H13Cl2NO3. The zero-order valence-electron chi connectivity index (χ0n) is 9.58. The average Bonchev–Trinajstić information content (AvgIpc) is 3.11. The van der Waals surface area contributed by atoms with E-state index in [1.807, 2.05) is 0 Å². The third-order valence-corrected chi connectivity index (χ3v) is 3.56. The van der Waals surface area contributed by atoms with Crippen LogP contribution >= 0.6 is 23.2 Å². The molecule has 0 bridgehead atoms. The number of carbonyl (C=O) groups is 1. The molecule has 1 aromatic carbocycles. The van der Waals surface area contributed by atoms with E-state index in [0.717, 1.165) is 12.8 Å². The molecule has 98 valence electrons. The van der Waals surface area contributed by atoms with Crippen molar-refractivity contribution < 1.29 is 14.6 Å². The average molecular weight is 290 g/mol. The fourth-order valence-electron chi connectivity index (χ4n) is 1.52. The van der Waals surface area contributed by atoms with Crippen LogP contribution in [0.25, 0.3) is 0 Å². The topological polar surface area (TPSA) is 58.6 Å². The standard InChI is InChI=1S/C12H13Cl2NO3/c13-9-2-1-8(5-10(9)14)18-6-11(17)15-12(7-16)3-4-12/h1-2,5,16H,3-4,6-7H2,(H,15,17). The van der Waals surface area contributed by atoms with Crippen molar-refractivity contribution in [2.75, 3.05) is 13.2 Å². The summed E-state index contributed by atoms with van der Waals surface area (Å²) in [5.74, 6) is 0.223. The highest BCUT2D eigenvalue weighted by molar-refractivity contribution is 6.42. The predicted octanol–water partition coefficient (Wildman–Crippen LogP) is 2.01. The number of aliphatic hydroxyl groups excluding tert-OH is 1. The molecule has 1 aliphatic carbocycles.